The van der Waals surface area contributed by atoms with Crippen molar-refractivity contribution < 1.29 is 14.3 Å². The van der Waals surface area contributed by atoms with E-state index in [9.17, 15) is 4.79 Å². The topological polar surface area (TPSA) is 50.8 Å². The van der Waals surface area contributed by atoms with Crippen LogP contribution >= 0.6 is 0 Å². The molecule has 0 unspecified atom stereocenters. The smallest absolute Gasteiger partial charge is 0.227 e. The number of rotatable bonds is 6. The van der Waals surface area contributed by atoms with Crippen LogP contribution in [-0.2, 0) is 11.2 Å². The SMILES string of the molecule is CNC[C@@H]1CCN(C(=O)Cc2c(OC)cccc2OC)C1. The number of carbonyl (C=O) groups excluding carboxylic acids is 1. The lowest BCUT2D eigenvalue weighted by Crippen LogP contribution is -2.31. The van der Waals surface area contributed by atoms with Crippen molar-refractivity contribution in [2.24, 2.45) is 5.92 Å². The summed E-state index contributed by atoms with van der Waals surface area (Å²) in [6.07, 6.45) is 1.38. The fourth-order valence-corrected chi connectivity index (χ4v) is 2.88. The average molecular weight is 292 g/mol. The molecule has 0 radical (unpaired) electrons. The molecule has 0 aliphatic carbocycles. The van der Waals surface area contributed by atoms with E-state index < -0.39 is 0 Å². The van der Waals surface area contributed by atoms with Crippen LogP contribution in [0.3, 0.4) is 0 Å². The van der Waals surface area contributed by atoms with Crippen LogP contribution in [0, 0.1) is 5.92 Å². The molecule has 1 aliphatic heterocycles. The van der Waals surface area contributed by atoms with Gasteiger partial charge in [-0.1, -0.05) is 6.07 Å². The first-order chi connectivity index (χ1) is 10.2. The molecule has 1 aliphatic rings. The fourth-order valence-electron chi connectivity index (χ4n) is 2.88. The Morgan fingerprint density at radius 1 is 1.33 bits per heavy atom. The van der Waals surface area contributed by atoms with Crippen LogP contribution in [0.15, 0.2) is 18.2 Å². The van der Waals surface area contributed by atoms with Gasteiger partial charge >= 0.3 is 0 Å². The number of ether oxygens (including phenoxy) is 2. The van der Waals surface area contributed by atoms with Gasteiger partial charge in [0, 0.05) is 18.7 Å². The van der Waals surface area contributed by atoms with Gasteiger partial charge in [0.2, 0.25) is 5.91 Å². The van der Waals surface area contributed by atoms with Crippen molar-refractivity contribution in [2.45, 2.75) is 12.8 Å². The van der Waals surface area contributed by atoms with Crippen molar-refractivity contribution in [3.63, 3.8) is 0 Å². The molecular weight excluding hydrogens is 268 g/mol. The normalized spacial score (nSPS) is 17.9. The molecular formula is C16H24N2O3. The minimum Gasteiger partial charge on any atom is -0.496 e. The summed E-state index contributed by atoms with van der Waals surface area (Å²) >= 11 is 0. The molecule has 0 spiro atoms. The molecule has 1 amide bonds. The highest BCUT2D eigenvalue weighted by Crippen LogP contribution is 2.29. The van der Waals surface area contributed by atoms with E-state index in [2.05, 4.69) is 5.32 Å². The Morgan fingerprint density at radius 2 is 2.00 bits per heavy atom. The number of nitrogens with one attached hydrogen (secondary N) is 1. The first kappa shape index (κ1) is 15.6. The Labute approximate surface area is 126 Å². The summed E-state index contributed by atoms with van der Waals surface area (Å²) in [4.78, 5) is 14.4. The molecule has 1 aromatic rings. The second-order valence-electron chi connectivity index (χ2n) is 5.37. The molecule has 0 saturated carbocycles. The summed E-state index contributed by atoms with van der Waals surface area (Å²) in [7, 11) is 5.17. The van der Waals surface area contributed by atoms with Gasteiger partial charge in [-0.15, -0.1) is 0 Å². The van der Waals surface area contributed by atoms with Crippen LogP contribution in [-0.4, -0.2) is 51.7 Å². The Morgan fingerprint density at radius 3 is 2.57 bits per heavy atom. The largest absolute Gasteiger partial charge is 0.496 e. The molecule has 1 fully saturated rings. The van der Waals surface area contributed by atoms with Crippen LogP contribution in [0.25, 0.3) is 0 Å². The standard InChI is InChI=1S/C16H24N2O3/c1-17-10-12-7-8-18(11-12)16(19)9-13-14(20-2)5-4-6-15(13)21-3/h4-6,12,17H,7-11H2,1-3H3/t12-/m0/s1. The highest BCUT2D eigenvalue weighted by molar-refractivity contribution is 5.80. The third kappa shape index (κ3) is 3.67. The van der Waals surface area contributed by atoms with Gasteiger partial charge in [0.05, 0.1) is 20.6 Å². The minimum absolute atomic E-state index is 0.136. The molecule has 5 heteroatoms. The summed E-state index contributed by atoms with van der Waals surface area (Å²) in [6, 6.07) is 5.59. The second kappa shape index (κ2) is 7.31. The number of carbonyl (C=O) groups is 1. The molecule has 1 aromatic carbocycles. The molecule has 21 heavy (non-hydrogen) atoms. The first-order valence-corrected chi connectivity index (χ1v) is 7.31. The molecule has 1 N–H and O–H groups in total. The Kier molecular flexibility index (Phi) is 5.44. The lowest BCUT2D eigenvalue weighted by atomic mass is 10.1. The molecule has 0 bridgehead atoms. The summed E-state index contributed by atoms with van der Waals surface area (Å²) in [5.74, 6) is 2.09. The lowest BCUT2D eigenvalue weighted by Gasteiger charge is -2.19. The summed E-state index contributed by atoms with van der Waals surface area (Å²) in [5.41, 5.74) is 0.824. The maximum Gasteiger partial charge on any atom is 0.227 e. The van der Waals surface area contributed by atoms with Crippen molar-refractivity contribution in [1.82, 2.24) is 10.2 Å². The average Bonchev–Trinajstić information content (AvgIpc) is 2.96. The van der Waals surface area contributed by atoms with Gasteiger partial charge in [-0.05, 0) is 38.1 Å². The van der Waals surface area contributed by atoms with Crippen LogP contribution in [0.5, 0.6) is 11.5 Å². The van der Waals surface area contributed by atoms with E-state index in [0.717, 1.165) is 31.6 Å². The molecule has 5 nitrogen and oxygen atoms in total. The van der Waals surface area contributed by atoms with Gasteiger partial charge in [0.25, 0.3) is 0 Å². The van der Waals surface area contributed by atoms with Gasteiger partial charge in [0.1, 0.15) is 11.5 Å². The first-order valence-electron chi connectivity index (χ1n) is 7.31. The Balaban J connectivity index is 2.06. The van der Waals surface area contributed by atoms with Gasteiger partial charge in [-0.25, -0.2) is 0 Å². The summed E-state index contributed by atoms with van der Waals surface area (Å²) < 4.78 is 10.7. The van der Waals surface area contributed by atoms with E-state index in [0.29, 0.717) is 23.8 Å². The highest BCUT2D eigenvalue weighted by Gasteiger charge is 2.27. The van der Waals surface area contributed by atoms with E-state index in [4.69, 9.17) is 9.47 Å². The number of amides is 1. The van der Waals surface area contributed by atoms with Crippen LogP contribution < -0.4 is 14.8 Å². The minimum atomic E-state index is 0.136. The zero-order valence-electron chi connectivity index (χ0n) is 13.0. The van der Waals surface area contributed by atoms with Gasteiger partial charge in [-0.2, -0.15) is 0 Å². The number of nitrogens with zero attached hydrogens (tertiary/aromatic N) is 1. The number of methoxy groups -OCH3 is 2. The van der Waals surface area contributed by atoms with E-state index in [1.165, 1.54) is 0 Å². The van der Waals surface area contributed by atoms with Crippen LogP contribution in [0.2, 0.25) is 0 Å². The molecule has 2 rings (SSSR count). The van der Waals surface area contributed by atoms with Crippen molar-refractivity contribution in [1.29, 1.82) is 0 Å². The monoisotopic (exact) mass is 292 g/mol. The number of hydrogen-bond acceptors (Lipinski definition) is 4. The van der Waals surface area contributed by atoms with Gasteiger partial charge < -0.3 is 19.7 Å². The van der Waals surface area contributed by atoms with E-state index >= 15 is 0 Å². The molecule has 1 heterocycles. The van der Waals surface area contributed by atoms with Crippen molar-refractivity contribution in [3.8, 4) is 11.5 Å². The molecule has 1 saturated heterocycles. The Hall–Kier alpha value is -1.75. The predicted octanol–water partition coefficient (Wildman–Crippen LogP) is 1.31. The maximum atomic E-state index is 12.5. The van der Waals surface area contributed by atoms with Crippen LogP contribution in [0.4, 0.5) is 0 Å². The van der Waals surface area contributed by atoms with E-state index in [1.54, 1.807) is 14.2 Å². The molecule has 1 atom stereocenters. The third-order valence-corrected chi connectivity index (χ3v) is 3.99. The van der Waals surface area contributed by atoms with Crippen molar-refractivity contribution in [3.05, 3.63) is 23.8 Å². The van der Waals surface area contributed by atoms with Crippen molar-refractivity contribution >= 4 is 5.91 Å². The number of hydrogen-bond donors (Lipinski definition) is 1. The lowest BCUT2D eigenvalue weighted by molar-refractivity contribution is -0.129. The number of likely N-dealkylation sites (tertiary alicyclic amines) is 1. The quantitative estimate of drug-likeness (QED) is 0.859. The van der Waals surface area contributed by atoms with E-state index in [1.807, 2.05) is 30.1 Å². The molecule has 0 aromatic heterocycles. The maximum absolute atomic E-state index is 12.5. The molecule has 116 valence electrons. The van der Waals surface area contributed by atoms with E-state index in [-0.39, 0.29) is 5.91 Å². The summed E-state index contributed by atoms with van der Waals surface area (Å²) in [5, 5.41) is 3.18. The number of benzene rings is 1. The highest BCUT2D eigenvalue weighted by atomic mass is 16.5. The van der Waals surface area contributed by atoms with Gasteiger partial charge in [0.15, 0.2) is 0 Å². The predicted molar refractivity (Wildman–Crippen MR) is 81.9 cm³/mol. The second-order valence-corrected chi connectivity index (χ2v) is 5.37. The van der Waals surface area contributed by atoms with Crippen molar-refractivity contribution in [2.75, 3.05) is 40.9 Å². The Bertz CT molecular complexity index is 468. The summed E-state index contributed by atoms with van der Waals surface area (Å²) in [6.45, 7) is 2.63. The fraction of sp³-hybridized carbons (Fsp3) is 0.562. The zero-order valence-corrected chi connectivity index (χ0v) is 13.0. The third-order valence-electron chi connectivity index (χ3n) is 3.99. The van der Waals surface area contributed by atoms with Crippen LogP contribution in [0.1, 0.15) is 12.0 Å². The zero-order chi connectivity index (χ0) is 15.2. The van der Waals surface area contributed by atoms with Gasteiger partial charge in [-0.3, -0.25) is 4.79 Å².